The molecule has 0 aliphatic carbocycles. The first-order chi connectivity index (χ1) is 38.0. The summed E-state index contributed by atoms with van der Waals surface area (Å²) in [6.07, 6.45) is -4.83. The van der Waals surface area contributed by atoms with E-state index in [9.17, 15) is 44.7 Å². The van der Waals surface area contributed by atoms with Crippen LogP contribution in [0.15, 0.2) is 200 Å². The molecule has 0 radical (unpaired) electrons. The summed E-state index contributed by atoms with van der Waals surface area (Å²) in [5.41, 5.74) is 11.0. The van der Waals surface area contributed by atoms with E-state index in [4.69, 9.17) is 0 Å². The van der Waals surface area contributed by atoms with Crippen molar-refractivity contribution in [2.75, 3.05) is 0 Å². The molecule has 0 aliphatic heterocycles. The monoisotopic (exact) mass is 1010 g/mol. The highest BCUT2D eigenvalue weighted by Crippen LogP contribution is 2.45. The molecular weight excluding hydrogens is 974 g/mol. The van der Waals surface area contributed by atoms with Gasteiger partial charge in [-0.1, -0.05) is 72.8 Å². The third kappa shape index (κ3) is 8.17. The van der Waals surface area contributed by atoms with Gasteiger partial charge in [-0.05, 0) is 177 Å². The second-order valence-corrected chi connectivity index (χ2v) is 18.8. The van der Waals surface area contributed by atoms with Gasteiger partial charge in [0.15, 0.2) is 0 Å². The molecule has 12 rings (SSSR count). The molecule has 0 saturated heterocycles. The number of hydrogen-bond donors (Lipinski definition) is 0. The fraction of sp³-hybridized carbons (Fsp3) is 0.0149. The van der Waals surface area contributed by atoms with Crippen LogP contribution < -0.4 is 0 Å². The smallest absolute Gasteiger partial charge is 0.309 e. The van der Waals surface area contributed by atoms with Gasteiger partial charge in [0.1, 0.15) is 6.07 Å². The molecule has 2 aromatic heterocycles. The minimum absolute atomic E-state index is 0.0760. The summed E-state index contributed by atoms with van der Waals surface area (Å²) in [4.78, 5) is 0. The van der Waals surface area contributed by atoms with E-state index in [0.717, 1.165) is 78.2 Å². The van der Waals surface area contributed by atoms with Gasteiger partial charge in [0.25, 0.3) is 0 Å². The Bertz CT molecular complexity index is 4590. The third-order valence-electron chi connectivity index (χ3n) is 14.2. The summed E-state index contributed by atoms with van der Waals surface area (Å²) in [7, 11) is 0. The maximum atomic E-state index is 15.0. The molecule has 10 aromatic carbocycles. The molecule has 0 atom stereocenters. The molecular formula is C67H33F3N8. The molecule has 11 heteroatoms. The Morgan fingerprint density at radius 2 is 0.628 bits per heavy atom. The fourth-order valence-corrected chi connectivity index (χ4v) is 10.6. The van der Waals surface area contributed by atoms with Crippen molar-refractivity contribution in [3.8, 4) is 103 Å². The first-order valence-corrected chi connectivity index (χ1v) is 24.4. The van der Waals surface area contributed by atoms with Crippen molar-refractivity contribution in [2.24, 2.45) is 0 Å². The average molecular weight is 1010 g/mol. The Morgan fingerprint density at radius 3 is 0.962 bits per heavy atom. The van der Waals surface area contributed by atoms with E-state index in [1.54, 1.807) is 60.7 Å². The Labute approximate surface area is 444 Å². The van der Waals surface area contributed by atoms with Crippen LogP contribution in [0.5, 0.6) is 0 Å². The molecule has 78 heavy (non-hydrogen) atoms. The Balaban J connectivity index is 1.18. The van der Waals surface area contributed by atoms with Crippen LogP contribution >= 0.6 is 0 Å². The first-order valence-electron chi connectivity index (χ1n) is 24.4. The van der Waals surface area contributed by atoms with E-state index in [1.807, 2.05) is 137 Å². The van der Waals surface area contributed by atoms with Crippen LogP contribution in [0.4, 0.5) is 13.2 Å². The first kappa shape index (κ1) is 47.5. The summed E-state index contributed by atoms with van der Waals surface area (Å²) in [5, 5.41) is 64.0. The SMILES string of the molecule is N#Cc1cccc(-c2ccc3c(c2)c2cc(-c4cccc(C#N)c4)ccc2n3-c2cc(-c3cc(C#N)cc(C(F)(F)F)c3)c(-n3c4ccc(-c5cccc(C#N)c5)cc4c4cc(-c5cccc(C#N)c5)ccc43)cc2C#N)c1. The molecule has 0 bridgehead atoms. The molecule has 8 nitrogen and oxygen atoms in total. The number of halogens is 3. The zero-order valence-corrected chi connectivity index (χ0v) is 40.8. The highest BCUT2D eigenvalue weighted by molar-refractivity contribution is 6.14. The lowest BCUT2D eigenvalue weighted by molar-refractivity contribution is -0.137. The lowest BCUT2D eigenvalue weighted by Crippen LogP contribution is -2.07. The van der Waals surface area contributed by atoms with Crippen LogP contribution in [0.25, 0.3) is 111 Å². The Morgan fingerprint density at radius 1 is 0.295 bits per heavy atom. The van der Waals surface area contributed by atoms with Crippen LogP contribution in [-0.2, 0) is 6.18 Å². The van der Waals surface area contributed by atoms with E-state index in [2.05, 4.69) is 30.3 Å². The Hall–Kier alpha value is -11.5. The van der Waals surface area contributed by atoms with Crippen molar-refractivity contribution < 1.29 is 13.2 Å². The number of nitriles is 6. The maximum Gasteiger partial charge on any atom is 0.416 e. The second-order valence-electron chi connectivity index (χ2n) is 18.8. The second kappa shape index (κ2) is 18.8. The van der Waals surface area contributed by atoms with Gasteiger partial charge in [0.05, 0.1) is 103 Å². The Kier molecular flexibility index (Phi) is 11.4. The average Bonchev–Trinajstić information content (AvgIpc) is 4.20. The highest BCUT2D eigenvalue weighted by atomic mass is 19.4. The number of rotatable bonds is 7. The minimum atomic E-state index is -4.83. The van der Waals surface area contributed by atoms with Crippen LogP contribution in [-0.4, -0.2) is 9.13 Å². The van der Waals surface area contributed by atoms with Crippen molar-refractivity contribution in [1.29, 1.82) is 31.6 Å². The van der Waals surface area contributed by atoms with Crippen molar-refractivity contribution in [2.45, 2.75) is 6.18 Å². The van der Waals surface area contributed by atoms with Crippen LogP contribution in [0.3, 0.4) is 0 Å². The van der Waals surface area contributed by atoms with Gasteiger partial charge in [-0.2, -0.15) is 44.7 Å². The molecule has 0 saturated carbocycles. The van der Waals surface area contributed by atoms with Crippen molar-refractivity contribution in [3.05, 3.63) is 239 Å². The largest absolute Gasteiger partial charge is 0.416 e. The summed E-state index contributed by atoms with van der Waals surface area (Å²) >= 11 is 0. The van der Waals surface area contributed by atoms with E-state index in [0.29, 0.717) is 55.7 Å². The molecule has 0 spiro atoms. The van der Waals surface area contributed by atoms with Crippen LogP contribution in [0.1, 0.15) is 38.9 Å². The predicted octanol–water partition coefficient (Wildman–Crippen LogP) is 16.5. The zero-order chi connectivity index (χ0) is 53.8. The van der Waals surface area contributed by atoms with Crippen LogP contribution in [0.2, 0.25) is 0 Å². The van der Waals surface area contributed by atoms with Crippen molar-refractivity contribution >= 4 is 43.6 Å². The maximum absolute atomic E-state index is 15.0. The van der Waals surface area contributed by atoms with Gasteiger partial charge in [0, 0.05) is 27.1 Å². The molecule has 0 unspecified atom stereocenters. The number of hydrogen-bond acceptors (Lipinski definition) is 6. The van der Waals surface area contributed by atoms with Crippen LogP contribution in [0, 0.1) is 68.0 Å². The van der Waals surface area contributed by atoms with Gasteiger partial charge in [-0.3, -0.25) is 0 Å². The van der Waals surface area contributed by atoms with Gasteiger partial charge in [-0.15, -0.1) is 0 Å². The van der Waals surface area contributed by atoms with Crippen molar-refractivity contribution in [3.63, 3.8) is 0 Å². The molecule has 2 heterocycles. The van der Waals surface area contributed by atoms with E-state index < -0.39 is 11.7 Å². The fourth-order valence-electron chi connectivity index (χ4n) is 10.6. The molecule has 362 valence electrons. The lowest BCUT2D eigenvalue weighted by atomic mass is 9.95. The quantitative estimate of drug-likeness (QED) is 0.155. The van der Waals surface area contributed by atoms with Gasteiger partial charge in [0.2, 0.25) is 0 Å². The topological polar surface area (TPSA) is 153 Å². The lowest BCUT2D eigenvalue weighted by Gasteiger charge is -2.20. The van der Waals surface area contributed by atoms with E-state index in [1.165, 1.54) is 6.07 Å². The van der Waals surface area contributed by atoms with Gasteiger partial charge < -0.3 is 9.13 Å². The number of alkyl halides is 3. The molecule has 12 aromatic rings. The summed E-state index contributed by atoms with van der Waals surface area (Å²) in [6, 6.07) is 72.3. The molecule has 0 N–H and O–H groups in total. The van der Waals surface area contributed by atoms with Gasteiger partial charge in [-0.25, -0.2) is 0 Å². The zero-order valence-electron chi connectivity index (χ0n) is 40.8. The molecule has 0 aliphatic rings. The van der Waals surface area contributed by atoms with Gasteiger partial charge >= 0.3 is 6.18 Å². The number of benzene rings is 10. The standard InChI is InChI=1S/C67H33F3N8/c68-67(69,70)55-26-44(38-75)25-53(27-55)56-33-65(77-61-17-13-49(45-9-1-5-40(21-45)34-71)28-57(61)58-29-50(14-18-62(58)77)46-10-2-6-41(22-46)35-72)54(39-76)32-66(56)78-63-19-15-51(47-11-3-7-42(23-47)36-73)30-59(63)60-31-52(16-20-64(60)78)48-12-4-8-43(24-48)37-74/h1-33H. The number of aromatic nitrogens is 2. The number of nitrogens with zero attached hydrogens (tertiary/aromatic N) is 8. The predicted molar refractivity (Wildman–Crippen MR) is 296 cm³/mol. The highest BCUT2D eigenvalue weighted by Gasteiger charge is 2.32. The summed E-state index contributed by atoms with van der Waals surface area (Å²) < 4.78 is 48.8. The minimum Gasteiger partial charge on any atom is -0.309 e. The van der Waals surface area contributed by atoms with E-state index >= 15 is 0 Å². The summed E-state index contributed by atoms with van der Waals surface area (Å²) in [6.45, 7) is 0. The van der Waals surface area contributed by atoms with Crippen molar-refractivity contribution in [1.82, 2.24) is 9.13 Å². The molecule has 0 amide bonds. The summed E-state index contributed by atoms with van der Waals surface area (Å²) in [5.74, 6) is 0. The normalized spacial score (nSPS) is 11.2. The third-order valence-corrected chi connectivity index (χ3v) is 14.2. The number of fused-ring (bicyclic) bond motifs is 6. The molecule has 0 fully saturated rings. The van der Waals surface area contributed by atoms with E-state index in [-0.39, 0.29) is 22.3 Å².